The topological polar surface area (TPSA) is 105 Å². The van der Waals surface area contributed by atoms with Crippen molar-refractivity contribution < 1.29 is 9.53 Å². The Morgan fingerprint density at radius 3 is 2.69 bits per heavy atom. The number of aromatic amines is 1. The van der Waals surface area contributed by atoms with Gasteiger partial charge in [0.15, 0.2) is 11.5 Å². The molecule has 0 radical (unpaired) electrons. The number of aromatic nitrogens is 6. The highest BCUT2D eigenvalue weighted by atomic mass is 16.5. The monoisotopic (exact) mass is 522 g/mol. The van der Waals surface area contributed by atoms with E-state index in [-0.39, 0.29) is 11.9 Å². The molecule has 2 fully saturated rings. The van der Waals surface area contributed by atoms with E-state index >= 15 is 0 Å². The van der Waals surface area contributed by atoms with Crippen molar-refractivity contribution in [3.05, 3.63) is 66.2 Å². The molecule has 2 saturated heterocycles. The van der Waals surface area contributed by atoms with Crippen LogP contribution < -0.4 is 4.90 Å². The van der Waals surface area contributed by atoms with Gasteiger partial charge in [0.2, 0.25) is 0 Å². The lowest BCUT2D eigenvalue weighted by Crippen LogP contribution is -2.39. The molecule has 2 aliphatic heterocycles. The van der Waals surface area contributed by atoms with E-state index in [0.29, 0.717) is 37.7 Å². The Labute approximate surface area is 225 Å². The van der Waals surface area contributed by atoms with Crippen LogP contribution in [0.15, 0.2) is 55.1 Å². The van der Waals surface area contributed by atoms with E-state index in [0.717, 1.165) is 64.8 Å². The van der Waals surface area contributed by atoms with Crippen molar-refractivity contribution in [3.8, 4) is 11.4 Å². The number of aryl methyl sites for hydroxylation is 1. The highest BCUT2D eigenvalue weighted by Gasteiger charge is 2.28. The van der Waals surface area contributed by atoms with Gasteiger partial charge in [0.1, 0.15) is 5.82 Å². The summed E-state index contributed by atoms with van der Waals surface area (Å²) >= 11 is 0. The minimum atomic E-state index is 0.0451. The fourth-order valence-electron chi connectivity index (χ4n) is 5.69. The Kier molecular flexibility index (Phi) is 5.96. The first-order valence-corrected chi connectivity index (χ1v) is 13.5. The molecular formula is C29H30N8O2. The average Bonchev–Trinajstić information content (AvgIpc) is 3.64. The smallest absolute Gasteiger partial charge is 0.255 e. The van der Waals surface area contributed by atoms with Gasteiger partial charge in [-0.1, -0.05) is 0 Å². The zero-order chi connectivity index (χ0) is 26.3. The minimum Gasteiger partial charge on any atom is -0.378 e. The molecule has 5 aromatic rings. The average molecular weight is 523 g/mol. The molecule has 0 saturated carbocycles. The minimum absolute atomic E-state index is 0.0451. The van der Waals surface area contributed by atoms with Crippen molar-refractivity contribution in [2.75, 3.05) is 44.3 Å². The van der Waals surface area contributed by atoms with Gasteiger partial charge in [-0.15, -0.1) is 0 Å². The molecule has 0 atom stereocenters. The number of anilines is 1. The van der Waals surface area contributed by atoms with Crippen LogP contribution in [-0.2, 0) is 4.74 Å². The number of nitrogens with one attached hydrogen (secondary N) is 1. The molecule has 39 heavy (non-hydrogen) atoms. The van der Waals surface area contributed by atoms with E-state index in [4.69, 9.17) is 19.8 Å². The van der Waals surface area contributed by atoms with Gasteiger partial charge in [0.25, 0.3) is 5.91 Å². The van der Waals surface area contributed by atoms with E-state index in [9.17, 15) is 4.79 Å². The normalized spacial score (nSPS) is 16.8. The molecule has 0 spiro atoms. The van der Waals surface area contributed by atoms with Gasteiger partial charge in [0.05, 0.1) is 36.4 Å². The van der Waals surface area contributed by atoms with Gasteiger partial charge in [-0.05, 0) is 55.7 Å². The second-order valence-corrected chi connectivity index (χ2v) is 10.3. The van der Waals surface area contributed by atoms with Crippen molar-refractivity contribution in [1.82, 2.24) is 34.6 Å². The summed E-state index contributed by atoms with van der Waals surface area (Å²) in [6.07, 6.45) is 8.85. The summed E-state index contributed by atoms with van der Waals surface area (Å²) in [5.41, 5.74) is 4.52. The van der Waals surface area contributed by atoms with Crippen molar-refractivity contribution in [1.29, 1.82) is 0 Å². The molecule has 10 heteroatoms. The number of hydrogen-bond acceptors (Lipinski definition) is 7. The van der Waals surface area contributed by atoms with Gasteiger partial charge in [-0.2, -0.15) is 5.10 Å². The summed E-state index contributed by atoms with van der Waals surface area (Å²) in [4.78, 5) is 34.9. The number of nitrogens with zero attached hydrogens (tertiary/aromatic N) is 7. The molecule has 7 rings (SSSR count). The van der Waals surface area contributed by atoms with Gasteiger partial charge < -0.3 is 19.5 Å². The number of amides is 1. The second kappa shape index (κ2) is 9.77. The van der Waals surface area contributed by atoms with Crippen LogP contribution in [0.1, 0.15) is 34.8 Å². The first-order valence-electron chi connectivity index (χ1n) is 13.5. The number of likely N-dealkylation sites (tertiary alicyclic amines) is 1. The van der Waals surface area contributed by atoms with Crippen molar-refractivity contribution in [3.63, 3.8) is 0 Å². The summed E-state index contributed by atoms with van der Waals surface area (Å²) < 4.78 is 7.66. The number of hydrogen-bond donors (Lipinski definition) is 1. The number of pyridine rings is 1. The van der Waals surface area contributed by atoms with Gasteiger partial charge >= 0.3 is 0 Å². The Hall–Kier alpha value is -4.31. The summed E-state index contributed by atoms with van der Waals surface area (Å²) in [5, 5.41) is 6.91. The second-order valence-electron chi connectivity index (χ2n) is 10.3. The first kappa shape index (κ1) is 23.8. The first-order chi connectivity index (χ1) is 19.2. The molecule has 1 N–H and O–H groups in total. The molecular weight excluding hydrogens is 492 g/mol. The highest BCUT2D eigenvalue weighted by molar-refractivity contribution is 5.95. The van der Waals surface area contributed by atoms with Gasteiger partial charge in [-0.3, -0.25) is 9.78 Å². The molecule has 0 bridgehead atoms. The van der Waals surface area contributed by atoms with E-state index in [1.165, 1.54) is 0 Å². The zero-order valence-corrected chi connectivity index (χ0v) is 21.9. The number of piperidine rings is 1. The molecule has 198 valence electrons. The van der Waals surface area contributed by atoms with Crippen LogP contribution in [0.25, 0.3) is 33.3 Å². The van der Waals surface area contributed by atoms with E-state index < -0.39 is 0 Å². The maximum Gasteiger partial charge on any atom is 0.255 e. The third-order valence-electron chi connectivity index (χ3n) is 7.92. The summed E-state index contributed by atoms with van der Waals surface area (Å²) in [6.45, 7) is 6.19. The predicted molar refractivity (Wildman–Crippen MR) is 149 cm³/mol. The highest BCUT2D eigenvalue weighted by Crippen LogP contribution is 2.33. The Balaban J connectivity index is 1.23. The quantitative estimate of drug-likeness (QED) is 0.380. The Morgan fingerprint density at radius 2 is 1.87 bits per heavy atom. The number of H-pyrrole nitrogens is 1. The summed E-state index contributed by atoms with van der Waals surface area (Å²) in [6, 6.07) is 10.4. The number of carbonyl (C=O) groups excluding carboxylic acids is 1. The third-order valence-corrected chi connectivity index (χ3v) is 7.92. The third kappa shape index (κ3) is 4.30. The lowest BCUT2D eigenvalue weighted by atomic mass is 10.0. The number of carbonyl (C=O) groups is 1. The number of fused-ring (bicyclic) bond motifs is 2. The van der Waals surface area contributed by atoms with Crippen LogP contribution in [-0.4, -0.2) is 79.9 Å². The largest absolute Gasteiger partial charge is 0.378 e. The molecule has 4 aromatic heterocycles. The van der Waals surface area contributed by atoms with Crippen LogP contribution in [0.2, 0.25) is 0 Å². The number of ether oxygens (including phenoxy) is 1. The van der Waals surface area contributed by atoms with Crippen LogP contribution in [0.5, 0.6) is 0 Å². The SMILES string of the molecule is Cc1ccncc1C(=O)N1CCC(n2ncc3c(N4CCOCC4)nc(-c4ccc5[nH]ccc5c4)nc32)CC1. The van der Waals surface area contributed by atoms with Crippen molar-refractivity contribution in [2.24, 2.45) is 0 Å². The zero-order valence-electron chi connectivity index (χ0n) is 21.9. The maximum atomic E-state index is 13.1. The predicted octanol–water partition coefficient (Wildman–Crippen LogP) is 3.99. The molecule has 10 nitrogen and oxygen atoms in total. The maximum absolute atomic E-state index is 13.1. The van der Waals surface area contributed by atoms with E-state index in [1.807, 2.05) is 30.3 Å². The number of benzene rings is 1. The fourth-order valence-corrected chi connectivity index (χ4v) is 5.69. The Bertz CT molecular complexity index is 1660. The lowest BCUT2D eigenvalue weighted by Gasteiger charge is -2.32. The van der Waals surface area contributed by atoms with Crippen molar-refractivity contribution >= 4 is 33.7 Å². The Morgan fingerprint density at radius 1 is 1.03 bits per heavy atom. The molecule has 0 unspecified atom stereocenters. The van der Waals surface area contributed by atoms with Crippen molar-refractivity contribution in [2.45, 2.75) is 25.8 Å². The summed E-state index contributed by atoms with van der Waals surface area (Å²) in [5.74, 6) is 1.63. The van der Waals surface area contributed by atoms with E-state index in [1.54, 1.807) is 12.4 Å². The molecule has 6 heterocycles. The molecule has 1 aromatic carbocycles. The van der Waals surface area contributed by atoms with Gasteiger partial charge in [-0.25, -0.2) is 14.6 Å². The van der Waals surface area contributed by atoms with E-state index in [2.05, 4.69) is 43.8 Å². The molecule has 0 aliphatic carbocycles. The molecule has 1 amide bonds. The van der Waals surface area contributed by atoms with Crippen LogP contribution >= 0.6 is 0 Å². The fraction of sp³-hybridized carbons (Fsp3) is 0.345. The number of rotatable bonds is 4. The van der Waals surface area contributed by atoms with Crippen LogP contribution in [0, 0.1) is 6.92 Å². The van der Waals surface area contributed by atoms with Crippen LogP contribution in [0.4, 0.5) is 5.82 Å². The van der Waals surface area contributed by atoms with Crippen LogP contribution in [0.3, 0.4) is 0 Å². The standard InChI is InChI=1S/C29H30N8O2/c1-19-4-8-30-17-23(19)29(38)36-10-6-22(7-11-36)37-28-24(18-32-37)27(35-12-14-39-15-13-35)33-26(34-28)21-2-3-25-20(16-21)5-9-31-25/h2-5,8-9,16-18,22,31H,6-7,10-15H2,1H3. The van der Waals surface area contributed by atoms with Gasteiger partial charge in [0, 0.05) is 61.2 Å². The summed E-state index contributed by atoms with van der Waals surface area (Å²) in [7, 11) is 0. The lowest BCUT2D eigenvalue weighted by molar-refractivity contribution is 0.0690. The molecule has 2 aliphatic rings. The number of morpholine rings is 1.